The van der Waals surface area contributed by atoms with Crippen LogP contribution in [0.5, 0.6) is 0 Å². The van der Waals surface area contributed by atoms with Gasteiger partial charge in [-0.3, -0.25) is 19.4 Å². The molecule has 11 heteroatoms. The summed E-state index contributed by atoms with van der Waals surface area (Å²) in [6.07, 6.45) is 5.00. The van der Waals surface area contributed by atoms with E-state index in [4.69, 9.17) is 4.42 Å². The Morgan fingerprint density at radius 1 is 1.08 bits per heavy atom. The van der Waals surface area contributed by atoms with Crippen LogP contribution in [0.15, 0.2) is 45.7 Å². The molecular weight excluding hydrogens is 464 g/mol. The van der Waals surface area contributed by atoms with Crippen molar-refractivity contribution in [2.24, 2.45) is 11.8 Å². The minimum absolute atomic E-state index is 0.0907. The fourth-order valence-corrected chi connectivity index (χ4v) is 4.67. The highest BCUT2D eigenvalue weighted by Crippen LogP contribution is 2.28. The zero-order valence-electron chi connectivity index (χ0n) is 19.7. The smallest absolute Gasteiger partial charge is 0.408 e. The van der Waals surface area contributed by atoms with E-state index in [0.717, 1.165) is 31.2 Å². The highest BCUT2D eigenvalue weighted by atomic mass is 16.4. The van der Waals surface area contributed by atoms with Gasteiger partial charge in [0.05, 0.1) is 11.7 Å². The molecule has 1 aliphatic rings. The van der Waals surface area contributed by atoms with E-state index in [2.05, 4.69) is 25.7 Å². The molecule has 0 radical (unpaired) electrons. The number of carbonyl (C=O) groups excluding carboxylic acids is 3. The average molecular weight is 491 g/mol. The third-order valence-corrected chi connectivity index (χ3v) is 6.73. The van der Waals surface area contributed by atoms with E-state index >= 15 is 0 Å². The maximum atomic E-state index is 13.0. The topological polar surface area (TPSA) is 151 Å². The highest BCUT2D eigenvalue weighted by Gasteiger charge is 2.25. The summed E-state index contributed by atoms with van der Waals surface area (Å²) < 4.78 is 6.40. The Balaban J connectivity index is 1.26. The second kappa shape index (κ2) is 9.76. The van der Waals surface area contributed by atoms with Crippen molar-refractivity contribution in [3.05, 3.63) is 64.0 Å². The van der Waals surface area contributed by atoms with Crippen LogP contribution in [0.2, 0.25) is 0 Å². The number of nitrogens with zero attached hydrogens (tertiary/aromatic N) is 3. The molecule has 4 aromatic rings. The number of hydrogen-bond donors (Lipinski definition) is 3. The van der Waals surface area contributed by atoms with Crippen molar-refractivity contribution in [3.63, 3.8) is 0 Å². The van der Waals surface area contributed by atoms with Crippen LogP contribution < -0.4 is 16.4 Å². The normalized spacial score (nSPS) is 17.8. The largest absolute Gasteiger partial charge is 0.417 e. The van der Waals surface area contributed by atoms with Gasteiger partial charge < -0.3 is 15.1 Å². The number of carbonyl (C=O) groups is 3. The number of Topliss-reactive ketones (excluding diaryl/α,β-unsaturated/α-hetero) is 1. The fraction of sp³-hybridized carbons (Fsp3) is 0.360. The molecule has 11 nitrogen and oxygen atoms in total. The van der Waals surface area contributed by atoms with E-state index in [1.165, 1.54) is 16.8 Å². The summed E-state index contributed by atoms with van der Waals surface area (Å²) in [5.74, 6) is -0.660. The number of ketones is 1. The van der Waals surface area contributed by atoms with Crippen LogP contribution in [0, 0.1) is 11.8 Å². The van der Waals surface area contributed by atoms with Crippen molar-refractivity contribution in [1.82, 2.24) is 30.2 Å². The highest BCUT2D eigenvalue weighted by molar-refractivity contribution is 5.98. The van der Waals surface area contributed by atoms with E-state index in [0.29, 0.717) is 29.2 Å². The lowest BCUT2D eigenvalue weighted by Crippen LogP contribution is -2.33. The quantitative estimate of drug-likeness (QED) is 0.359. The SMILES string of the molecule is CC(=O)C1CCC(CNC(=O)c2cc(C(=O)NCc3ccc4oc(=O)[nH]c4c3)nc3ccnn23)CC1. The van der Waals surface area contributed by atoms with E-state index in [-0.39, 0.29) is 35.5 Å². The molecular formula is C25H26N6O5. The van der Waals surface area contributed by atoms with Crippen LogP contribution in [0.3, 0.4) is 0 Å². The number of rotatable bonds is 7. The predicted molar refractivity (Wildman–Crippen MR) is 129 cm³/mol. The summed E-state index contributed by atoms with van der Waals surface area (Å²) in [4.78, 5) is 55.8. The minimum Gasteiger partial charge on any atom is -0.408 e. The molecule has 0 unspecified atom stereocenters. The first kappa shape index (κ1) is 23.5. The number of nitrogens with one attached hydrogen (secondary N) is 3. The van der Waals surface area contributed by atoms with Gasteiger partial charge in [-0.2, -0.15) is 5.10 Å². The van der Waals surface area contributed by atoms with Gasteiger partial charge in [0, 0.05) is 31.1 Å². The van der Waals surface area contributed by atoms with Crippen molar-refractivity contribution in [1.29, 1.82) is 0 Å². The van der Waals surface area contributed by atoms with E-state index < -0.39 is 11.7 Å². The molecule has 36 heavy (non-hydrogen) atoms. The lowest BCUT2D eigenvalue weighted by atomic mass is 9.80. The Labute approximate surface area is 205 Å². The summed E-state index contributed by atoms with van der Waals surface area (Å²) in [6, 6.07) is 8.17. The molecule has 1 fully saturated rings. The van der Waals surface area contributed by atoms with Gasteiger partial charge in [-0.15, -0.1) is 0 Å². The molecule has 0 atom stereocenters. The van der Waals surface area contributed by atoms with Gasteiger partial charge in [0.2, 0.25) is 0 Å². The summed E-state index contributed by atoms with van der Waals surface area (Å²) in [5, 5.41) is 9.92. The molecule has 1 saturated carbocycles. The molecule has 0 bridgehead atoms. The van der Waals surface area contributed by atoms with Crippen LogP contribution in [-0.2, 0) is 11.3 Å². The number of amides is 2. The second-order valence-electron chi connectivity index (χ2n) is 9.19. The van der Waals surface area contributed by atoms with Crippen molar-refractivity contribution in [2.75, 3.05) is 6.54 Å². The van der Waals surface area contributed by atoms with Gasteiger partial charge in [-0.05, 0) is 56.2 Å². The predicted octanol–water partition coefficient (Wildman–Crippen LogP) is 2.22. The second-order valence-corrected chi connectivity index (χ2v) is 9.19. The monoisotopic (exact) mass is 490 g/mol. The van der Waals surface area contributed by atoms with Gasteiger partial charge in [0.15, 0.2) is 11.2 Å². The van der Waals surface area contributed by atoms with Crippen molar-refractivity contribution in [2.45, 2.75) is 39.2 Å². The third-order valence-electron chi connectivity index (χ3n) is 6.73. The zero-order chi connectivity index (χ0) is 25.2. The Hall–Kier alpha value is -4.28. The number of benzene rings is 1. The van der Waals surface area contributed by atoms with Crippen molar-refractivity contribution in [3.8, 4) is 0 Å². The third kappa shape index (κ3) is 4.90. The van der Waals surface area contributed by atoms with Crippen LogP contribution in [-0.4, -0.2) is 43.7 Å². The molecule has 0 saturated heterocycles. The summed E-state index contributed by atoms with van der Waals surface area (Å²) in [5.41, 5.74) is 2.42. The van der Waals surface area contributed by atoms with Crippen molar-refractivity contribution >= 4 is 34.3 Å². The van der Waals surface area contributed by atoms with Crippen molar-refractivity contribution < 1.29 is 18.8 Å². The van der Waals surface area contributed by atoms with Gasteiger partial charge in [-0.1, -0.05) is 6.07 Å². The molecule has 0 aliphatic heterocycles. The molecule has 0 spiro atoms. The lowest BCUT2D eigenvalue weighted by molar-refractivity contribution is -0.121. The molecule has 3 N–H and O–H groups in total. The van der Waals surface area contributed by atoms with Gasteiger partial charge in [0.1, 0.15) is 17.2 Å². The Morgan fingerprint density at radius 2 is 1.89 bits per heavy atom. The number of hydrogen-bond acceptors (Lipinski definition) is 7. The number of aromatic nitrogens is 4. The Morgan fingerprint density at radius 3 is 2.67 bits per heavy atom. The number of fused-ring (bicyclic) bond motifs is 2. The number of H-pyrrole nitrogens is 1. The Kier molecular flexibility index (Phi) is 6.36. The van der Waals surface area contributed by atoms with Crippen LogP contribution >= 0.6 is 0 Å². The molecule has 3 heterocycles. The molecule has 1 aromatic carbocycles. The Bertz CT molecular complexity index is 1510. The first-order valence-corrected chi connectivity index (χ1v) is 11.9. The van der Waals surface area contributed by atoms with E-state index in [1.54, 1.807) is 31.2 Å². The van der Waals surface area contributed by atoms with Crippen LogP contribution in [0.1, 0.15) is 59.1 Å². The minimum atomic E-state index is -0.543. The fourth-order valence-electron chi connectivity index (χ4n) is 4.67. The molecule has 3 aromatic heterocycles. The van der Waals surface area contributed by atoms with E-state index in [9.17, 15) is 19.2 Å². The molecule has 1 aliphatic carbocycles. The zero-order valence-corrected chi connectivity index (χ0v) is 19.7. The number of oxazole rings is 1. The summed E-state index contributed by atoms with van der Waals surface area (Å²) in [7, 11) is 0. The molecule has 186 valence electrons. The maximum Gasteiger partial charge on any atom is 0.417 e. The first-order chi connectivity index (χ1) is 17.4. The van der Waals surface area contributed by atoms with Gasteiger partial charge in [0.25, 0.3) is 11.8 Å². The molecule has 5 rings (SSSR count). The number of aromatic amines is 1. The van der Waals surface area contributed by atoms with Gasteiger partial charge >= 0.3 is 5.76 Å². The van der Waals surface area contributed by atoms with E-state index in [1.807, 2.05) is 0 Å². The molecule has 2 amide bonds. The maximum absolute atomic E-state index is 13.0. The summed E-state index contributed by atoms with van der Waals surface area (Å²) >= 11 is 0. The first-order valence-electron chi connectivity index (χ1n) is 11.9. The van der Waals surface area contributed by atoms with Crippen LogP contribution in [0.25, 0.3) is 16.7 Å². The van der Waals surface area contributed by atoms with Gasteiger partial charge in [-0.25, -0.2) is 14.3 Å². The average Bonchev–Trinajstić information content (AvgIpc) is 3.50. The van der Waals surface area contributed by atoms with Crippen LogP contribution in [0.4, 0.5) is 0 Å². The standard InChI is InChI=1S/C25H26N6O5/c1-14(32)17-5-2-15(3-6-17)12-27-24(34)20-11-19(29-22-8-9-28-31(20)22)23(33)26-13-16-4-7-21-18(10-16)30-25(35)36-21/h4,7-11,15,17H,2-3,5-6,12-13H2,1H3,(H,26,33)(H,27,34)(H,30,35). The summed E-state index contributed by atoms with van der Waals surface area (Å²) in [6.45, 7) is 2.33. The lowest BCUT2D eigenvalue weighted by Gasteiger charge is -2.27.